The summed E-state index contributed by atoms with van der Waals surface area (Å²) in [4.78, 5) is 14.4. The Labute approximate surface area is 188 Å². The molecule has 2 aliphatic rings. The van der Waals surface area contributed by atoms with Crippen molar-refractivity contribution < 1.29 is 9.90 Å². The molecule has 0 radical (unpaired) electrons. The van der Waals surface area contributed by atoms with Crippen LogP contribution in [0.4, 0.5) is 0 Å². The van der Waals surface area contributed by atoms with Gasteiger partial charge in [0.15, 0.2) is 0 Å². The topological polar surface area (TPSA) is 40.5 Å². The molecule has 0 spiro atoms. The molecule has 1 aliphatic carbocycles. The molecule has 2 fully saturated rings. The molecule has 1 unspecified atom stereocenters. The number of carbonyl (C=O) groups is 1. The van der Waals surface area contributed by atoms with E-state index in [9.17, 15) is 9.90 Å². The van der Waals surface area contributed by atoms with E-state index >= 15 is 0 Å². The van der Waals surface area contributed by atoms with Gasteiger partial charge in [0.25, 0.3) is 5.91 Å². The summed E-state index contributed by atoms with van der Waals surface area (Å²) in [5.41, 5.74) is 3.62. The molecule has 1 aliphatic heterocycles. The first-order valence-electron chi connectivity index (χ1n) is 11.6. The maximum atomic E-state index is 12.6. The van der Waals surface area contributed by atoms with Crippen LogP contribution in [0.15, 0.2) is 53.9 Å². The van der Waals surface area contributed by atoms with Crippen LogP contribution >= 0.6 is 11.3 Å². The summed E-state index contributed by atoms with van der Waals surface area (Å²) in [5.74, 6) is 2.01. The second kappa shape index (κ2) is 8.76. The molecule has 31 heavy (non-hydrogen) atoms. The summed E-state index contributed by atoms with van der Waals surface area (Å²) in [5, 5.41) is 13.5. The van der Waals surface area contributed by atoms with Crippen LogP contribution in [0.5, 0.6) is 0 Å². The second-order valence-corrected chi connectivity index (χ2v) is 10.4. The van der Waals surface area contributed by atoms with Gasteiger partial charge >= 0.3 is 0 Å². The van der Waals surface area contributed by atoms with Gasteiger partial charge in [-0.05, 0) is 90.0 Å². The van der Waals surface area contributed by atoms with Gasteiger partial charge in [0.2, 0.25) is 0 Å². The number of β-amino-alcohol motifs (C(OH)–C–C–N with tert-alkyl or cyclic N) is 1. The van der Waals surface area contributed by atoms with Crippen molar-refractivity contribution in [2.75, 3.05) is 13.1 Å². The van der Waals surface area contributed by atoms with E-state index in [1.54, 1.807) is 4.90 Å². The van der Waals surface area contributed by atoms with E-state index in [1.165, 1.54) is 46.9 Å². The number of aliphatic hydroxyl groups is 1. The third kappa shape index (κ3) is 4.28. The molecule has 1 saturated carbocycles. The van der Waals surface area contributed by atoms with Crippen molar-refractivity contribution in [1.29, 1.82) is 0 Å². The van der Waals surface area contributed by atoms with E-state index in [4.69, 9.17) is 0 Å². The number of likely N-dealkylation sites (tertiary alicyclic amines) is 1. The maximum absolute atomic E-state index is 12.6. The number of rotatable bonds is 5. The van der Waals surface area contributed by atoms with Crippen LogP contribution in [-0.2, 0) is 0 Å². The highest BCUT2D eigenvalue weighted by Gasteiger charge is 2.29. The smallest absolute Gasteiger partial charge is 0.253 e. The minimum absolute atomic E-state index is 0.0456. The number of carbonyl (C=O) groups excluding carboxylic acids is 1. The average molecular weight is 434 g/mol. The number of amides is 1. The van der Waals surface area contributed by atoms with Gasteiger partial charge in [-0.3, -0.25) is 4.79 Å². The van der Waals surface area contributed by atoms with Crippen molar-refractivity contribution in [3.05, 3.63) is 70.6 Å². The molecule has 1 saturated heterocycles. The summed E-state index contributed by atoms with van der Waals surface area (Å²) >= 11 is 1.87. The molecule has 2 heterocycles. The molecule has 3 aromatic rings. The SMILES string of the molecule is C[C@@H](CC1CC[C@H](c2ccc(C(=O)N3CC[C@H](O)C3)cc2)C1)c1csc2ccccc12. The molecule has 1 amide bonds. The van der Waals surface area contributed by atoms with Gasteiger partial charge in [0.1, 0.15) is 0 Å². The standard InChI is InChI=1S/C27H31NO2S/c1-18(25-17-31-26-5-3-2-4-24(25)26)14-19-6-7-22(15-19)20-8-10-21(11-9-20)27(30)28-13-12-23(29)16-28/h2-5,8-11,17-19,22-23,29H,6-7,12-16H2,1H3/t18-,19?,22-,23-/m0/s1. The molecule has 4 heteroatoms. The van der Waals surface area contributed by atoms with Crippen molar-refractivity contribution in [2.45, 2.75) is 57.0 Å². The van der Waals surface area contributed by atoms with Crippen molar-refractivity contribution in [2.24, 2.45) is 5.92 Å². The molecule has 3 nitrogen and oxygen atoms in total. The normalized spacial score (nSPS) is 24.7. The molecular formula is C27H31NO2S. The van der Waals surface area contributed by atoms with Gasteiger partial charge in [-0.15, -0.1) is 11.3 Å². The second-order valence-electron chi connectivity index (χ2n) is 9.52. The number of hydrogen-bond donors (Lipinski definition) is 1. The Bertz CT molecular complexity index is 1060. The highest BCUT2D eigenvalue weighted by atomic mass is 32.1. The van der Waals surface area contributed by atoms with Crippen LogP contribution in [0, 0.1) is 5.92 Å². The van der Waals surface area contributed by atoms with Crippen LogP contribution in [0.2, 0.25) is 0 Å². The monoisotopic (exact) mass is 433 g/mol. The van der Waals surface area contributed by atoms with E-state index < -0.39 is 0 Å². The Hall–Kier alpha value is -2.17. The molecule has 1 aromatic heterocycles. The Morgan fingerprint density at radius 3 is 2.71 bits per heavy atom. The number of fused-ring (bicyclic) bond motifs is 1. The van der Waals surface area contributed by atoms with E-state index in [-0.39, 0.29) is 12.0 Å². The lowest BCUT2D eigenvalue weighted by Gasteiger charge is -2.18. The van der Waals surface area contributed by atoms with Gasteiger partial charge in [0.05, 0.1) is 6.10 Å². The Balaban J connectivity index is 1.20. The predicted octanol–water partition coefficient (Wildman–Crippen LogP) is 6.19. The van der Waals surface area contributed by atoms with Crippen LogP contribution in [-0.4, -0.2) is 35.1 Å². The van der Waals surface area contributed by atoms with E-state index in [2.05, 4.69) is 48.7 Å². The maximum Gasteiger partial charge on any atom is 0.253 e. The number of aliphatic hydroxyl groups excluding tert-OH is 1. The summed E-state index contributed by atoms with van der Waals surface area (Å²) in [6, 6.07) is 17.0. The molecule has 162 valence electrons. The fourth-order valence-electron chi connectivity index (χ4n) is 5.61. The first-order chi connectivity index (χ1) is 15.1. The van der Waals surface area contributed by atoms with Crippen molar-refractivity contribution in [1.82, 2.24) is 4.90 Å². The lowest BCUT2D eigenvalue weighted by molar-refractivity contribution is 0.0765. The lowest BCUT2D eigenvalue weighted by atomic mass is 9.88. The average Bonchev–Trinajstić information content (AvgIpc) is 3.53. The Morgan fingerprint density at radius 2 is 1.94 bits per heavy atom. The number of thiophene rings is 1. The third-order valence-corrected chi connectivity index (χ3v) is 8.33. The van der Waals surface area contributed by atoms with Gasteiger partial charge in [-0.1, -0.05) is 37.3 Å². The summed E-state index contributed by atoms with van der Waals surface area (Å²) in [7, 11) is 0. The van der Waals surface area contributed by atoms with Crippen LogP contribution in [0.25, 0.3) is 10.1 Å². The van der Waals surface area contributed by atoms with Gasteiger partial charge in [-0.25, -0.2) is 0 Å². The predicted molar refractivity (Wildman–Crippen MR) is 128 cm³/mol. The van der Waals surface area contributed by atoms with Crippen LogP contribution in [0.3, 0.4) is 0 Å². The summed E-state index contributed by atoms with van der Waals surface area (Å²) < 4.78 is 1.40. The van der Waals surface area contributed by atoms with Gasteiger partial charge in [-0.2, -0.15) is 0 Å². The van der Waals surface area contributed by atoms with Crippen LogP contribution < -0.4 is 0 Å². The lowest BCUT2D eigenvalue weighted by Crippen LogP contribution is -2.29. The minimum Gasteiger partial charge on any atom is -0.391 e. The minimum atomic E-state index is -0.367. The fraction of sp³-hybridized carbons (Fsp3) is 0.444. The highest BCUT2D eigenvalue weighted by Crippen LogP contribution is 2.43. The van der Waals surface area contributed by atoms with Crippen molar-refractivity contribution >= 4 is 27.3 Å². The number of hydrogen-bond acceptors (Lipinski definition) is 3. The van der Waals surface area contributed by atoms with Crippen LogP contribution in [0.1, 0.15) is 72.3 Å². The van der Waals surface area contributed by atoms with E-state index in [0.717, 1.165) is 11.5 Å². The number of nitrogens with zero attached hydrogens (tertiary/aromatic N) is 1. The molecule has 1 N–H and O–H groups in total. The van der Waals surface area contributed by atoms with E-state index in [0.29, 0.717) is 31.3 Å². The van der Waals surface area contributed by atoms with Gasteiger partial charge < -0.3 is 10.0 Å². The van der Waals surface area contributed by atoms with Gasteiger partial charge in [0, 0.05) is 23.4 Å². The zero-order valence-corrected chi connectivity index (χ0v) is 19.0. The first-order valence-corrected chi connectivity index (χ1v) is 12.5. The number of benzene rings is 2. The Kier molecular flexibility index (Phi) is 5.85. The fourth-order valence-corrected chi connectivity index (χ4v) is 6.69. The van der Waals surface area contributed by atoms with Crippen molar-refractivity contribution in [3.8, 4) is 0 Å². The summed E-state index contributed by atoms with van der Waals surface area (Å²) in [6.45, 7) is 3.50. The quantitative estimate of drug-likeness (QED) is 0.521. The molecule has 5 rings (SSSR count). The Morgan fingerprint density at radius 1 is 1.13 bits per heavy atom. The molecule has 2 aromatic carbocycles. The molecule has 0 bridgehead atoms. The highest BCUT2D eigenvalue weighted by molar-refractivity contribution is 7.17. The zero-order chi connectivity index (χ0) is 21.4. The molecular weight excluding hydrogens is 402 g/mol. The van der Waals surface area contributed by atoms with Crippen molar-refractivity contribution in [3.63, 3.8) is 0 Å². The summed E-state index contributed by atoms with van der Waals surface area (Å²) in [6.07, 6.45) is 5.36. The molecule has 4 atom stereocenters. The zero-order valence-electron chi connectivity index (χ0n) is 18.2. The van der Waals surface area contributed by atoms with E-state index in [1.807, 2.05) is 23.5 Å². The third-order valence-electron chi connectivity index (χ3n) is 7.35. The largest absolute Gasteiger partial charge is 0.391 e. The first kappa shape index (κ1) is 20.7.